The van der Waals surface area contributed by atoms with Gasteiger partial charge >= 0.3 is 24.2 Å². The van der Waals surface area contributed by atoms with Crippen LogP contribution in [0.5, 0.6) is 0 Å². The van der Waals surface area contributed by atoms with Crippen molar-refractivity contribution in [3.63, 3.8) is 0 Å². The van der Waals surface area contributed by atoms with E-state index in [1.807, 2.05) is 0 Å². The summed E-state index contributed by atoms with van der Waals surface area (Å²) in [7, 11) is 0. The first-order valence-corrected chi connectivity index (χ1v) is 15.7. The molecular weight excluding hydrogens is 620 g/mol. The maximum Gasteiger partial charge on any atom is 0.511 e. The highest BCUT2D eigenvalue weighted by Crippen LogP contribution is 2.52. The van der Waals surface area contributed by atoms with E-state index in [9.17, 15) is 23.6 Å². The van der Waals surface area contributed by atoms with E-state index in [1.54, 1.807) is 0 Å². The lowest BCUT2D eigenvalue weighted by atomic mass is 9.75. The maximum atomic E-state index is 16.0. The van der Waals surface area contributed by atoms with E-state index < -0.39 is 67.0 Å². The Morgan fingerprint density at radius 3 is 2.36 bits per heavy atom. The summed E-state index contributed by atoms with van der Waals surface area (Å²) < 4.78 is 60.8. The molecule has 47 heavy (non-hydrogen) atoms. The fraction of sp³-hybridized carbons (Fsp3) is 0.588. The lowest BCUT2D eigenvalue weighted by Crippen LogP contribution is -2.36. The smallest absolute Gasteiger partial charge is 0.459 e. The second kappa shape index (κ2) is 17.8. The Bertz CT molecular complexity index is 1240. The molecule has 260 valence electrons. The van der Waals surface area contributed by atoms with Crippen molar-refractivity contribution >= 4 is 24.2 Å². The zero-order chi connectivity index (χ0) is 34.6. The molecule has 1 N–H and O–H groups in total. The number of carbonyl (C=O) groups excluding carboxylic acids is 4. The van der Waals surface area contributed by atoms with Gasteiger partial charge in [-0.05, 0) is 54.7 Å². The average Bonchev–Trinajstić information content (AvgIpc) is 3.58. The molecule has 0 radical (unpaired) electrons. The molecule has 1 aromatic carbocycles. The third kappa shape index (κ3) is 11.0. The van der Waals surface area contributed by atoms with E-state index in [1.165, 1.54) is 36.4 Å². The van der Waals surface area contributed by atoms with Crippen LogP contribution in [-0.4, -0.2) is 68.1 Å². The number of alkyl carbamates (subject to hydrolysis) is 1. The van der Waals surface area contributed by atoms with Gasteiger partial charge in [0.1, 0.15) is 25.1 Å². The van der Waals surface area contributed by atoms with Crippen LogP contribution in [0, 0.1) is 29.5 Å². The maximum absolute atomic E-state index is 16.0. The van der Waals surface area contributed by atoms with Crippen LogP contribution in [0.2, 0.25) is 0 Å². The molecule has 0 bridgehead atoms. The number of hydrogen-bond acceptors (Lipinski definition) is 10. The summed E-state index contributed by atoms with van der Waals surface area (Å²) >= 11 is 0. The van der Waals surface area contributed by atoms with Crippen molar-refractivity contribution in [2.45, 2.75) is 83.4 Å². The SMILES string of the molecule is C=CCOC(=O)NC1C(CC(CC(=O)OCOC(=O)OC2CC(C)CCC2C(C)C)OCc2ccc(F)cc2)C1(F)C(=O)OCC=C. The Hall–Kier alpha value is -4.00. The number of esters is 2. The minimum absolute atomic E-state index is 0.0930. The van der Waals surface area contributed by atoms with Crippen LogP contribution in [-0.2, 0) is 44.6 Å². The molecule has 0 heterocycles. The quantitative estimate of drug-likeness (QED) is 0.0920. The molecule has 2 aliphatic rings. The number of halogens is 2. The highest BCUT2D eigenvalue weighted by Gasteiger charge is 2.73. The van der Waals surface area contributed by atoms with Gasteiger partial charge in [0, 0.05) is 5.92 Å². The van der Waals surface area contributed by atoms with Crippen molar-refractivity contribution in [3.8, 4) is 0 Å². The molecule has 2 fully saturated rings. The van der Waals surface area contributed by atoms with E-state index in [4.69, 9.17) is 28.4 Å². The predicted molar refractivity (Wildman–Crippen MR) is 165 cm³/mol. The van der Waals surface area contributed by atoms with E-state index in [-0.39, 0.29) is 38.3 Å². The molecule has 13 heteroatoms. The third-order valence-electron chi connectivity index (χ3n) is 8.45. The van der Waals surface area contributed by atoms with Crippen LogP contribution in [0.25, 0.3) is 0 Å². The standard InChI is InChI=1S/C34H45F2NO10/c1-6-14-42-31(39)34(36)27(30(34)37-32(40)43-15-7-2)17-25(44-19-23-9-11-24(35)12-10-23)18-29(38)45-20-46-33(41)47-28-16-22(5)8-13-26(28)21(3)4/h6-7,9-12,21-22,25-28,30H,1-2,8,13-20H2,3-5H3,(H,37,40). The van der Waals surface area contributed by atoms with Crippen LogP contribution in [0.4, 0.5) is 18.4 Å². The highest BCUT2D eigenvalue weighted by atomic mass is 19.1. The molecule has 2 aliphatic carbocycles. The van der Waals surface area contributed by atoms with E-state index >= 15 is 4.39 Å². The molecule has 1 aromatic rings. The second-order valence-electron chi connectivity index (χ2n) is 12.3. The Morgan fingerprint density at radius 2 is 1.70 bits per heavy atom. The van der Waals surface area contributed by atoms with Crippen molar-refractivity contribution < 1.29 is 56.4 Å². The monoisotopic (exact) mass is 665 g/mol. The predicted octanol–water partition coefficient (Wildman–Crippen LogP) is 5.95. The molecule has 2 saturated carbocycles. The van der Waals surface area contributed by atoms with Crippen molar-refractivity contribution in [1.29, 1.82) is 0 Å². The molecule has 1 amide bonds. The fourth-order valence-electron chi connectivity index (χ4n) is 5.85. The first kappa shape index (κ1) is 37.5. The molecule has 0 aliphatic heterocycles. The van der Waals surface area contributed by atoms with Gasteiger partial charge < -0.3 is 33.7 Å². The summed E-state index contributed by atoms with van der Waals surface area (Å²) in [5.41, 5.74) is -2.09. The average molecular weight is 666 g/mol. The minimum atomic E-state index is -2.64. The molecule has 7 unspecified atom stereocenters. The Kier molecular flexibility index (Phi) is 14.2. The van der Waals surface area contributed by atoms with Gasteiger partial charge in [-0.25, -0.2) is 23.2 Å². The number of alkyl halides is 1. The summed E-state index contributed by atoms with van der Waals surface area (Å²) in [4.78, 5) is 50.0. The first-order chi connectivity index (χ1) is 22.4. The topological polar surface area (TPSA) is 136 Å². The molecule has 0 saturated heterocycles. The van der Waals surface area contributed by atoms with Crippen molar-refractivity contribution in [3.05, 3.63) is 61.0 Å². The normalized spacial score (nSPS) is 25.5. The van der Waals surface area contributed by atoms with Crippen LogP contribution in [0.1, 0.15) is 58.4 Å². The number of hydrogen-bond donors (Lipinski definition) is 1. The minimum Gasteiger partial charge on any atom is -0.459 e. The molecule has 7 atom stereocenters. The third-order valence-corrected chi connectivity index (χ3v) is 8.45. The van der Waals surface area contributed by atoms with E-state index in [0.29, 0.717) is 23.8 Å². The lowest BCUT2D eigenvalue weighted by molar-refractivity contribution is -0.158. The molecular formula is C34H45F2NO10. The molecule has 0 aromatic heterocycles. The van der Waals surface area contributed by atoms with Gasteiger partial charge in [0.05, 0.1) is 25.2 Å². The van der Waals surface area contributed by atoms with Gasteiger partial charge in [-0.2, -0.15) is 0 Å². The molecule has 3 rings (SSSR count). The molecule has 11 nitrogen and oxygen atoms in total. The van der Waals surface area contributed by atoms with Crippen LogP contribution in [0.3, 0.4) is 0 Å². The Morgan fingerprint density at radius 1 is 1.02 bits per heavy atom. The zero-order valence-corrected chi connectivity index (χ0v) is 27.1. The van der Waals surface area contributed by atoms with Crippen LogP contribution >= 0.6 is 0 Å². The van der Waals surface area contributed by atoms with Gasteiger partial charge in [0.2, 0.25) is 12.5 Å². The number of rotatable bonds is 17. The number of amides is 1. The largest absolute Gasteiger partial charge is 0.511 e. The number of ether oxygens (including phenoxy) is 6. The van der Waals surface area contributed by atoms with Gasteiger partial charge in [-0.3, -0.25) is 4.79 Å². The van der Waals surface area contributed by atoms with Crippen molar-refractivity contribution in [2.24, 2.45) is 23.7 Å². The zero-order valence-electron chi connectivity index (χ0n) is 27.1. The highest BCUT2D eigenvalue weighted by molar-refractivity contribution is 5.87. The number of carbonyl (C=O) groups is 4. The summed E-state index contributed by atoms with van der Waals surface area (Å²) in [5, 5.41) is 2.32. The summed E-state index contributed by atoms with van der Waals surface area (Å²) in [6, 6.07) is 4.07. The van der Waals surface area contributed by atoms with Gasteiger partial charge in [0.25, 0.3) is 0 Å². The summed E-state index contributed by atoms with van der Waals surface area (Å²) in [6.07, 6.45) is 1.33. The van der Waals surface area contributed by atoms with Crippen LogP contribution < -0.4 is 5.32 Å². The lowest BCUT2D eigenvalue weighted by Gasteiger charge is -2.36. The van der Waals surface area contributed by atoms with Crippen LogP contribution in [0.15, 0.2) is 49.6 Å². The van der Waals surface area contributed by atoms with Gasteiger partial charge in [-0.1, -0.05) is 64.6 Å². The fourth-order valence-corrected chi connectivity index (χ4v) is 5.85. The summed E-state index contributed by atoms with van der Waals surface area (Å²) in [6.45, 7) is 11.9. The number of benzene rings is 1. The Balaban J connectivity index is 1.63. The number of nitrogens with one attached hydrogen (secondary N) is 1. The first-order valence-electron chi connectivity index (χ1n) is 15.7. The second-order valence-corrected chi connectivity index (χ2v) is 12.3. The van der Waals surface area contributed by atoms with E-state index in [2.05, 4.69) is 39.2 Å². The van der Waals surface area contributed by atoms with Gasteiger partial charge in [0.15, 0.2) is 0 Å². The van der Waals surface area contributed by atoms with Crippen molar-refractivity contribution in [1.82, 2.24) is 5.32 Å². The summed E-state index contributed by atoms with van der Waals surface area (Å²) in [5.74, 6) is -2.78. The van der Waals surface area contributed by atoms with E-state index in [0.717, 1.165) is 12.8 Å². The van der Waals surface area contributed by atoms with Gasteiger partial charge in [-0.15, -0.1) is 0 Å². The van der Waals surface area contributed by atoms with Crippen molar-refractivity contribution in [2.75, 3.05) is 20.0 Å². The Labute approximate surface area is 273 Å². The molecule has 0 spiro atoms.